The van der Waals surface area contributed by atoms with Crippen molar-refractivity contribution >= 4 is 11.6 Å². The smallest absolute Gasteiger partial charge is 0.238 e. The van der Waals surface area contributed by atoms with Gasteiger partial charge < -0.3 is 5.32 Å². The van der Waals surface area contributed by atoms with Crippen LogP contribution in [0.4, 0.5) is 5.69 Å². The van der Waals surface area contributed by atoms with Crippen molar-refractivity contribution in [3.8, 4) is 0 Å². The number of nitrogens with one attached hydrogen (secondary N) is 1. The van der Waals surface area contributed by atoms with Gasteiger partial charge in [0.1, 0.15) is 0 Å². The van der Waals surface area contributed by atoms with Gasteiger partial charge in [0, 0.05) is 11.7 Å². The normalized spacial score (nSPS) is 18.0. The van der Waals surface area contributed by atoms with Gasteiger partial charge in [-0.1, -0.05) is 56.3 Å². The Morgan fingerprint density at radius 2 is 1.83 bits per heavy atom. The van der Waals surface area contributed by atoms with Crippen LogP contribution >= 0.6 is 0 Å². The maximum Gasteiger partial charge on any atom is 0.238 e. The average Bonchev–Trinajstić information content (AvgIpc) is 3.04. The lowest BCUT2D eigenvalue weighted by Crippen LogP contribution is -2.32. The first-order valence-corrected chi connectivity index (χ1v) is 8.82. The fraction of sp³-hybridized carbons (Fsp3) is 0.381. The van der Waals surface area contributed by atoms with Crippen molar-refractivity contribution in [2.24, 2.45) is 0 Å². The molecule has 2 aromatic carbocycles. The number of rotatable bonds is 5. The van der Waals surface area contributed by atoms with E-state index in [9.17, 15) is 4.79 Å². The first-order chi connectivity index (χ1) is 11.6. The van der Waals surface area contributed by atoms with Crippen LogP contribution < -0.4 is 5.32 Å². The molecule has 1 aliphatic rings. The van der Waals surface area contributed by atoms with E-state index in [1.54, 1.807) is 0 Å². The molecule has 0 radical (unpaired) electrons. The Morgan fingerprint density at radius 3 is 2.50 bits per heavy atom. The summed E-state index contributed by atoms with van der Waals surface area (Å²) >= 11 is 0. The molecule has 1 atom stereocenters. The van der Waals surface area contributed by atoms with E-state index in [0.717, 1.165) is 25.1 Å². The largest absolute Gasteiger partial charge is 0.325 e. The van der Waals surface area contributed by atoms with Gasteiger partial charge in [-0.05, 0) is 48.6 Å². The molecule has 0 aliphatic carbocycles. The van der Waals surface area contributed by atoms with Crippen LogP contribution in [0.3, 0.4) is 0 Å². The Kier molecular flexibility index (Phi) is 5.31. The van der Waals surface area contributed by atoms with E-state index >= 15 is 0 Å². The van der Waals surface area contributed by atoms with Crippen molar-refractivity contribution in [2.45, 2.75) is 38.6 Å². The number of hydrogen-bond donors (Lipinski definition) is 1. The Morgan fingerprint density at radius 1 is 1.12 bits per heavy atom. The number of anilines is 1. The Labute approximate surface area is 144 Å². The minimum Gasteiger partial charge on any atom is -0.325 e. The molecule has 0 spiro atoms. The lowest BCUT2D eigenvalue weighted by atomic mass is 10.0. The molecule has 0 bridgehead atoms. The fourth-order valence-corrected chi connectivity index (χ4v) is 3.40. The molecule has 1 amide bonds. The van der Waals surface area contributed by atoms with Gasteiger partial charge in [0.15, 0.2) is 0 Å². The van der Waals surface area contributed by atoms with Crippen LogP contribution in [-0.2, 0) is 4.79 Å². The van der Waals surface area contributed by atoms with Crippen molar-refractivity contribution in [1.82, 2.24) is 4.90 Å². The van der Waals surface area contributed by atoms with Gasteiger partial charge in [0.25, 0.3) is 0 Å². The number of amides is 1. The Bertz CT molecular complexity index is 664. The van der Waals surface area contributed by atoms with Gasteiger partial charge in [0.05, 0.1) is 6.54 Å². The fourth-order valence-electron chi connectivity index (χ4n) is 3.40. The SMILES string of the molecule is CC(C)c1ccc(NC(=O)CN2CCCC2c2ccccc2)cc1. The summed E-state index contributed by atoms with van der Waals surface area (Å²) in [6, 6.07) is 19.0. The minimum atomic E-state index is 0.0649. The number of carbonyl (C=O) groups is 1. The van der Waals surface area contributed by atoms with E-state index in [2.05, 4.69) is 60.5 Å². The number of likely N-dealkylation sites (tertiary alicyclic amines) is 1. The Hall–Kier alpha value is -2.13. The van der Waals surface area contributed by atoms with Crippen LogP contribution in [0.5, 0.6) is 0 Å². The number of benzene rings is 2. The van der Waals surface area contributed by atoms with Crippen molar-refractivity contribution in [2.75, 3.05) is 18.4 Å². The lowest BCUT2D eigenvalue weighted by Gasteiger charge is -2.24. The monoisotopic (exact) mass is 322 g/mol. The molecule has 1 saturated heterocycles. The quantitative estimate of drug-likeness (QED) is 0.873. The lowest BCUT2D eigenvalue weighted by molar-refractivity contribution is -0.117. The summed E-state index contributed by atoms with van der Waals surface area (Å²) in [7, 11) is 0. The molecule has 24 heavy (non-hydrogen) atoms. The first-order valence-electron chi connectivity index (χ1n) is 8.82. The molecule has 1 aliphatic heterocycles. The summed E-state index contributed by atoms with van der Waals surface area (Å²) in [6.07, 6.45) is 2.27. The minimum absolute atomic E-state index is 0.0649. The third kappa shape index (κ3) is 4.04. The summed E-state index contributed by atoms with van der Waals surface area (Å²) < 4.78 is 0. The standard InChI is InChI=1S/C21H26N2O/c1-16(2)17-10-12-19(13-11-17)22-21(24)15-23-14-6-9-20(23)18-7-4-3-5-8-18/h3-5,7-8,10-13,16,20H,6,9,14-15H2,1-2H3,(H,22,24). The van der Waals surface area contributed by atoms with Crippen molar-refractivity contribution < 1.29 is 4.79 Å². The van der Waals surface area contributed by atoms with Gasteiger partial charge in [0.2, 0.25) is 5.91 Å². The van der Waals surface area contributed by atoms with Gasteiger partial charge in [-0.15, -0.1) is 0 Å². The topological polar surface area (TPSA) is 32.3 Å². The van der Waals surface area contributed by atoms with Crippen LogP contribution in [-0.4, -0.2) is 23.9 Å². The van der Waals surface area contributed by atoms with E-state index in [1.807, 2.05) is 18.2 Å². The summed E-state index contributed by atoms with van der Waals surface area (Å²) in [5, 5.41) is 3.03. The van der Waals surface area contributed by atoms with Gasteiger partial charge in [-0.25, -0.2) is 0 Å². The maximum atomic E-state index is 12.4. The molecule has 0 aromatic heterocycles. The molecule has 1 unspecified atom stereocenters. The second kappa shape index (κ2) is 7.63. The number of hydrogen-bond acceptors (Lipinski definition) is 2. The van der Waals surface area contributed by atoms with Crippen LogP contribution in [0.15, 0.2) is 54.6 Å². The second-order valence-corrected chi connectivity index (χ2v) is 6.86. The van der Waals surface area contributed by atoms with E-state index in [0.29, 0.717) is 18.5 Å². The highest BCUT2D eigenvalue weighted by Crippen LogP contribution is 2.31. The van der Waals surface area contributed by atoms with Crippen LogP contribution in [0, 0.1) is 0 Å². The second-order valence-electron chi connectivity index (χ2n) is 6.86. The van der Waals surface area contributed by atoms with E-state index in [4.69, 9.17) is 0 Å². The molecule has 126 valence electrons. The van der Waals surface area contributed by atoms with Crippen LogP contribution in [0.1, 0.15) is 49.8 Å². The highest BCUT2D eigenvalue weighted by molar-refractivity contribution is 5.92. The molecule has 2 aromatic rings. The molecular weight excluding hydrogens is 296 g/mol. The van der Waals surface area contributed by atoms with Crippen molar-refractivity contribution in [3.05, 3.63) is 65.7 Å². The van der Waals surface area contributed by atoms with Crippen molar-refractivity contribution in [3.63, 3.8) is 0 Å². The van der Waals surface area contributed by atoms with Gasteiger partial charge >= 0.3 is 0 Å². The molecule has 3 heteroatoms. The van der Waals surface area contributed by atoms with Crippen LogP contribution in [0.25, 0.3) is 0 Å². The molecule has 0 saturated carbocycles. The van der Waals surface area contributed by atoms with Crippen LogP contribution in [0.2, 0.25) is 0 Å². The number of nitrogens with zero attached hydrogens (tertiary/aromatic N) is 1. The Balaban J connectivity index is 1.60. The van der Waals surface area contributed by atoms with Gasteiger partial charge in [-0.3, -0.25) is 9.69 Å². The van der Waals surface area contributed by atoms with E-state index in [1.165, 1.54) is 11.1 Å². The predicted octanol–water partition coefficient (Wildman–Crippen LogP) is 4.59. The number of carbonyl (C=O) groups excluding carboxylic acids is 1. The van der Waals surface area contributed by atoms with E-state index in [-0.39, 0.29) is 5.91 Å². The highest BCUT2D eigenvalue weighted by atomic mass is 16.2. The summed E-state index contributed by atoms with van der Waals surface area (Å²) in [5.74, 6) is 0.570. The predicted molar refractivity (Wildman–Crippen MR) is 99.2 cm³/mol. The maximum absolute atomic E-state index is 12.4. The third-order valence-corrected chi connectivity index (χ3v) is 4.76. The highest BCUT2D eigenvalue weighted by Gasteiger charge is 2.27. The summed E-state index contributed by atoms with van der Waals surface area (Å²) in [5.41, 5.74) is 3.47. The molecule has 1 fully saturated rings. The van der Waals surface area contributed by atoms with Gasteiger partial charge in [-0.2, -0.15) is 0 Å². The third-order valence-electron chi connectivity index (χ3n) is 4.76. The summed E-state index contributed by atoms with van der Waals surface area (Å²) in [6.45, 7) is 5.78. The molecule has 3 nitrogen and oxygen atoms in total. The molecule has 3 rings (SSSR count). The summed E-state index contributed by atoms with van der Waals surface area (Å²) in [4.78, 5) is 14.7. The van der Waals surface area contributed by atoms with E-state index < -0.39 is 0 Å². The molecule has 1 heterocycles. The zero-order valence-electron chi connectivity index (χ0n) is 14.5. The zero-order chi connectivity index (χ0) is 16.9. The molecule has 1 N–H and O–H groups in total. The zero-order valence-corrected chi connectivity index (χ0v) is 14.5. The molecular formula is C21H26N2O. The average molecular weight is 322 g/mol. The first kappa shape index (κ1) is 16.7. The van der Waals surface area contributed by atoms with Crippen molar-refractivity contribution in [1.29, 1.82) is 0 Å².